The van der Waals surface area contributed by atoms with Crippen molar-refractivity contribution in [2.45, 2.75) is 76.0 Å². The Morgan fingerprint density at radius 3 is 2.61 bits per heavy atom. The molecule has 0 amide bonds. The van der Waals surface area contributed by atoms with Crippen molar-refractivity contribution in [2.75, 3.05) is 6.54 Å². The van der Waals surface area contributed by atoms with Crippen LogP contribution in [0, 0.1) is 0 Å². The van der Waals surface area contributed by atoms with Gasteiger partial charge in [0.15, 0.2) is 12.1 Å². The molecule has 2 N–H and O–H groups in total. The average Bonchev–Trinajstić information content (AvgIpc) is 2.97. The first-order valence-corrected chi connectivity index (χ1v) is 7.02. The molecule has 2 saturated heterocycles. The predicted octanol–water partition coefficient (Wildman–Crippen LogP) is 0.756. The molecule has 0 aromatic carbocycles. The molecule has 3 aliphatic rings. The third kappa shape index (κ3) is 2.18. The maximum absolute atomic E-state index is 10.2. The lowest BCUT2D eigenvalue weighted by Crippen LogP contribution is -2.42. The number of hydrogen-bond donors (Lipinski definition) is 2. The fraction of sp³-hybridized carbons (Fsp3) is 1.00. The van der Waals surface area contributed by atoms with Gasteiger partial charge in [-0.2, -0.15) is 0 Å². The summed E-state index contributed by atoms with van der Waals surface area (Å²) < 4.78 is 17.6. The zero-order valence-electron chi connectivity index (χ0n) is 11.1. The van der Waals surface area contributed by atoms with E-state index < -0.39 is 18.2 Å². The SMILES string of the molecule is CC(C)NC[C@H]1OC2OC3(CCCC3)O[C@@H]2[C@H]1O. The van der Waals surface area contributed by atoms with E-state index >= 15 is 0 Å². The summed E-state index contributed by atoms with van der Waals surface area (Å²) in [6.45, 7) is 4.77. The Morgan fingerprint density at radius 2 is 2.00 bits per heavy atom. The maximum atomic E-state index is 10.2. The standard InChI is InChI=1S/C13H23NO4/c1-8(2)14-7-9-10(15)11-12(16-9)18-13(17-11)5-3-4-6-13/h8-12,14-15H,3-7H2,1-2H3/t9-,10+,11-,12?/m1/s1. The molecule has 0 bridgehead atoms. The van der Waals surface area contributed by atoms with Crippen LogP contribution in [0.3, 0.4) is 0 Å². The number of aliphatic hydroxyl groups is 1. The first kappa shape index (κ1) is 12.8. The largest absolute Gasteiger partial charge is 0.387 e. The molecule has 1 aliphatic carbocycles. The van der Waals surface area contributed by atoms with Gasteiger partial charge in [0, 0.05) is 25.4 Å². The summed E-state index contributed by atoms with van der Waals surface area (Å²) in [6, 6.07) is 0.379. The van der Waals surface area contributed by atoms with Gasteiger partial charge in [0.25, 0.3) is 0 Å². The zero-order valence-corrected chi connectivity index (χ0v) is 11.1. The first-order valence-electron chi connectivity index (χ1n) is 7.02. The van der Waals surface area contributed by atoms with E-state index in [2.05, 4.69) is 19.2 Å². The van der Waals surface area contributed by atoms with Gasteiger partial charge in [-0.3, -0.25) is 0 Å². The van der Waals surface area contributed by atoms with Crippen LogP contribution in [-0.2, 0) is 14.2 Å². The van der Waals surface area contributed by atoms with Gasteiger partial charge in [-0.15, -0.1) is 0 Å². The minimum absolute atomic E-state index is 0.235. The van der Waals surface area contributed by atoms with E-state index in [0.717, 1.165) is 25.7 Å². The topological polar surface area (TPSA) is 60.0 Å². The molecule has 5 heteroatoms. The molecule has 0 aromatic rings. The summed E-state index contributed by atoms with van der Waals surface area (Å²) in [5, 5.41) is 13.5. The lowest BCUT2D eigenvalue weighted by molar-refractivity contribution is -0.229. The Bertz CT molecular complexity index is 303. The van der Waals surface area contributed by atoms with Crippen molar-refractivity contribution < 1.29 is 19.3 Å². The number of ether oxygens (including phenoxy) is 3. The fourth-order valence-electron chi connectivity index (χ4n) is 3.08. The van der Waals surface area contributed by atoms with Gasteiger partial charge in [0.05, 0.1) is 0 Å². The van der Waals surface area contributed by atoms with E-state index in [4.69, 9.17) is 14.2 Å². The Hall–Kier alpha value is -0.200. The van der Waals surface area contributed by atoms with Gasteiger partial charge in [-0.25, -0.2) is 0 Å². The molecule has 3 fully saturated rings. The molecule has 1 unspecified atom stereocenters. The second-order valence-corrected chi connectivity index (χ2v) is 5.91. The quantitative estimate of drug-likeness (QED) is 0.781. The lowest BCUT2D eigenvalue weighted by atomic mass is 10.1. The molecule has 3 rings (SSSR count). The highest BCUT2D eigenvalue weighted by atomic mass is 16.8. The van der Waals surface area contributed by atoms with Crippen molar-refractivity contribution in [3.63, 3.8) is 0 Å². The van der Waals surface area contributed by atoms with E-state index in [9.17, 15) is 5.11 Å². The van der Waals surface area contributed by atoms with E-state index in [1.54, 1.807) is 0 Å². The van der Waals surface area contributed by atoms with Crippen molar-refractivity contribution in [2.24, 2.45) is 0 Å². The van der Waals surface area contributed by atoms with Crippen molar-refractivity contribution >= 4 is 0 Å². The van der Waals surface area contributed by atoms with Crippen LogP contribution in [0.4, 0.5) is 0 Å². The van der Waals surface area contributed by atoms with Gasteiger partial charge < -0.3 is 24.6 Å². The smallest absolute Gasteiger partial charge is 0.190 e. The Kier molecular flexibility index (Phi) is 3.36. The Labute approximate surface area is 108 Å². The number of fused-ring (bicyclic) bond motifs is 1. The van der Waals surface area contributed by atoms with Crippen LogP contribution in [0.5, 0.6) is 0 Å². The Morgan fingerprint density at radius 1 is 1.28 bits per heavy atom. The van der Waals surface area contributed by atoms with Crippen molar-refractivity contribution in [1.29, 1.82) is 0 Å². The molecule has 1 saturated carbocycles. The van der Waals surface area contributed by atoms with Gasteiger partial charge in [-0.1, -0.05) is 13.8 Å². The number of hydrogen-bond acceptors (Lipinski definition) is 5. The Balaban J connectivity index is 1.59. The zero-order chi connectivity index (χ0) is 12.8. The van der Waals surface area contributed by atoms with Crippen molar-refractivity contribution in [3.05, 3.63) is 0 Å². The van der Waals surface area contributed by atoms with Gasteiger partial charge in [-0.05, 0) is 12.8 Å². The molecule has 0 radical (unpaired) electrons. The molecular formula is C13H23NO4. The van der Waals surface area contributed by atoms with Crippen LogP contribution in [0.15, 0.2) is 0 Å². The molecule has 1 spiro atoms. The van der Waals surface area contributed by atoms with E-state index in [1.807, 2.05) is 0 Å². The second kappa shape index (κ2) is 4.72. The lowest BCUT2D eigenvalue weighted by Gasteiger charge is -2.26. The summed E-state index contributed by atoms with van der Waals surface area (Å²) >= 11 is 0. The fourth-order valence-corrected chi connectivity index (χ4v) is 3.08. The van der Waals surface area contributed by atoms with E-state index in [1.165, 1.54) is 0 Å². The number of rotatable bonds is 3. The van der Waals surface area contributed by atoms with Crippen LogP contribution in [-0.4, -0.2) is 48.1 Å². The average molecular weight is 257 g/mol. The van der Waals surface area contributed by atoms with Gasteiger partial charge in [0.2, 0.25) is 0 Å². The summed E-state index contributed by atoms with van der Waals surface area (Å²) in [4.78, 5) is 0. The van der Waals surface area contributed by atoms with Crippen LogP contribution in [0.1, 0.15) is 39.5 Å². The maximum Gasteiger partial charge on any atom is 0.190 e. The molecule has 104 valence electrons. The molecule has 2 heterocycles. The highest BCUT2D eigenvalue weighted by Crippen LogP contribution is 2.45. The molecule has 0 aromatic heterocycles. The van der Waals surface area contributed by atoms with E-state index in [-0.39, 0.29) is 12.2 Å². The van der Waals surface area contributed by atoms with Gasteiger partial charge >= 0.3 is 0 Å². The normalized spacial score (nSPS) is 42.0. The second-order valence-electron chi connectivity index (χ2n) is 5.91. The third-order valence-corrected chi connectivity index (χ3v) is 4.07. The van der Waals surface area contributed by atoms with Crippen molar-refractivity contribution in [3.8, 4) is 0 Å². The molecule has 5 nitrogen and oxygen atoms in total. The molecule has 18 heavy (non-hydrogen) atoms. The van der Waals surface area contributed by atoms with Crippen LogP contribution < -0.4 is 5.32 Å². The summed E-state index contributed by atoms with van der Waals surface area (Å²) in [7, 11) is 0. The monoisotopic (exact) mass is 257 g/mol. The molecular weight excluding hydrogens is 234 g/mol. The summed E-state index contributed by atoms with van der Waals surface area (Å²) in [5.41, 5.74) is 0. The van der Waals surface area contributed by atoms with Crippen molar-refractivity contribution in [1.82, 2.24) is 5.32 Å². The van der Waals surface area contributed by atoms with Crippen LogP contribution in [0.2, 0.25) is 0 Å². The molecule has 2 aliphatic heterocycles. The number of nitrogens with one attached hydrogen (secondary N) is 1. The number of aliphatic hydroxyl groups excluding tert-OH is 1. The van der Waals surface area contributed by atoms with E-state index in [0.29, 0.717) is 12.6 Å². The summed E-state index contributed by atoms with van der Waals surface area (Å²) in [5.74, 6) is -0.466. The molecule has 4 atom stereocenters. The minimum Gasteiger partial charge on any atom is -0.387 e. The van der Waals surface area contributed by atoms with Crippen LogP contribution in [0.25, 0.3) is 0 Å². The minimum atomic E-state index is -0.596. The first-order chi connectivity index (χ1) is 8.60. The summed E-state index contributed by atoms with van der Waals surface area (Å²) in [6.07, 6.45) is 2.57. The predicted molar refractivity (Wildman–Crippen MR) is 65.0 cm³/mol. The highest BCUT2D eigenvalue weighted by molar-refractivity contribution is 4.97. The highest BCUT2D eigenvalue weighted by Gasteiger charge is 2.57. The third-order valence-electron chi connectivity index (χ3n) is 4.07. The van der Waals surface area contributed by atoms with Crippen LogP contribution >= 0.6 is 0 Å². The van der Waals surface area contributed by atoms with Gasteiger partial charge in [0.1, 0.15) is 18.3 Å².